The number of allylic oxidation sites excluding steroid dienone is 1. The summed E-state index contributed by atoms with van der Waals surface area (Å²) in [5.41, 5.74) is 0.663. The molecule has 1 aliphatic carbocycles. The highest BCUT2D eigenvalue weighted by Gasteiger charge is 2.51. The zero-order valence-corrected chi connectivity index (χ0v) is 11.3. The largest absolute Gasteiger partial charge is 0.506 e. The van der Waals surface area contributed by atoms with Gasteiger partial charge in [0.15, 0.2) is 0 Å². The Kier molecular flexibility index (Phi) is 4.23. The van der Waals surface area contributed by atoms with Gasteiger partial charge in [0, 0.05) is 11.8 Å². The van der Waals surface area contributed by atoms with Crippen molar-refractivity contribution in [1.29, 1.82) is 0 Å². The fraction of sp³-hybridized carbons (Fsp3) is 0.786. The molecule has 0 aromatic heterocycles. The van der Waals surface area contributed by atoms with Crippen LogP contribution >= 0.6 is 0 Å². The monoisotopic (exact) mass is 240 g/mol. The Morgan fingerprint density at radius 3 is 2.59 bits per heavy atom. The maximum Gasteiger partial charge on any atom is 0.506 e. The first-order valence-corrected chi connectivity index (χ1v) is 6.43. The fourth-order valence-corrected chi connectivity index (χ4v) is 3.54. The van der Waals surface area contributed by atoms with E-state index < -0.39 is 11.8 Å². The molecule has 1 N–H and O–H groups in total. The number of carboxylic acid groups (broad SMARTS) is 1. The summed E-state index contributed by atoms with van der Waals surface area (Å²) in [4.78, 5) is 11.0. The van der Waals surface area contributed by atoms with Gasteiger partial charge in [-0.25, -0.2) is 4.79 Å². The van der Waals surface area contributed by atoms with Crippen LogP contribution in [0.3, 0.4) is 0 Å². The van der Waals surface area contributed by atoms with Crippen LogP contribution in [0, 0.1) is 17.8 Å². The summed E-state index contributed by atoms with van der Waals surface area (Å²) in [6, 6.07) is 0. The molecule has 0 aromatic carbocycles. The molecule has 98 valence electrons. The molecule has 1 aliphatic rings. The first-order chi connectivity index (χ1) is 7.84. The predicted molar refractivity (Wildman–Crippen MR) is 68.0 cm³/mol. The second kappa shape index (κ2) is 5.11. The predicted octanol–water partition coefficient (Wildman–Crippen LogP) is 4.09. The summed E-state index contributed by atoms with van der Waals surface area (Å²) in [5, 5.41) is 9.03. The summed E-state index contributed by atoms with van der Waals surface area (Å²) < 4.78 is 5.38. The Bertz CT molecular complexity index is 309. The summed E-state index contributed by atoms with van der Waals surface area (Å²) in [6.07, 6.45) is 1.51. The summed E-state index contributed by atoms with van der Waals surface area (Å²) in [6.45, 7) is 12.3. The Morgan fingerprint density at radius 2 is 2.18 bits per heavy atom. The molecule has 0 radical (unpaired) electrons. The minimum absolute atomic E-state index is 0.187. The molecule has 3 nitrogen and oxygen atoms in total. The van der Waals surface area contributed by atoms with Crippen LogP contribution in [-0.4, -0.2) is 16.9 Å². The quantitative estimate of drug-likeness (QED) is 0.597. The highest BCUT2D eigenvalue weighted by molar-refractivity contribution is 5.58. The lowest BCUT2D eigenvalue weighted by molar-refractivity contribution is -0.131. The molecule has 0 heterocycles. The highest BCUT2D eigenvalue weighted by Crippen LogP contribution is 2.48. The molecule has 1 fully saturated rings. The van der Waals surface area contributed by atoms with Crippen LogP contribution in [0.15, 0.2) is 12.2 Å². The van der Waals surface area contributed by atoms with Crippen molar-refractivity contribution in [2.24, 2.45) is 17.8 Å². The highest BCUT2D eigenvalue weighted by atomic mass is 16.7. The number of carbonyl (C=O) groups is 1. The topological polar surface area (TPSA) is 46.5 Å². The number of hydrogen-bond acceptors (Lipinski definition) is 2. The smallest absolute Gasteiger partial charge is 0.450 e. The first-order valence-electron chi connectivity index (χ1n) is 6.43. The molecule has 3 unspecified atom stereocenters. The lowest BCUT2D eigenvalue weighted by Crippen LogP contribution is -2.54. The van der Waals surface area contributed by atoms with E-state index in [9.17, 15) is 4.79 Å². The van der Waals surface area contributed by atoms with Crippen molar-refractivity contribution in [1.82, 2.24) is 0 Å². The van der Waals surface area contributed by atoms with Gasteiger partial charge in [-0.05, 0) is 25.2 Å². The van der Waals surface area contributed by atoms with E-state index in [1.54, 1.807) is 0 Å². The maximum absolute atomic E-state index is 11.0. The first kappa shape index (κ1) is 14.1. The van der Waals surface area contributed by atoms with Crippen molar-refractivity contribution < 1.29 is 14.6 Å². The van der Waals surface area contributed by atoms with Crippen LogP contribution in [-0.2, 0) is 4.74 Å². The molecule has 1 rings (SSSR count). The van der Waals surface area contributed by atoms with Gasteiger partial charge in [-0.15, -0.1) is 0 Å². The van der Waals surface area contributed by atoms with Crippen molar-refractivity contribution in [3.63, 3.8) is 0 Å². The molecule has 0 aliphatic heterocycles. The minimum atomic E-state index is -1.16. The molecule has 3 heteroatoms. The molecule has 0 bridgehead atoms. The van der Waals surface area contributed by atoms with Crippen molar-refractivity contribution in [3.8, 4) is 0 Å². The van der Waals surface area contributed by atoms with Crippen LogP contribution in [0.2, 0.25) is 0 Å². The zero-order chi connectivity index (χ0) is 13.2. The second-order valence-corrected chi connectivity index (χ2v) is 5.54. The van der Waals surface area contributed by atoms with Gasteiger partial charge in [0.25, 0.3) is 0 Å². The second-order valence-electron chi connectivity index (χ2n) is 5.54. The van der Waals surface area contributed by atoms with Crippen LogP contribution in [0.25, 0.3) is 0 Å². The molecule has 0 spiro atoms. The third-order valence-electron chi connectivity index (χ3n) is 4.20. The molecule has 3 atom stereocenters. The Morgan fingerprint density at radius 1 is 1.59 bits per heavy atom. The summed E-state index contributed by atoms with van der Waals surface area (Å²) in [7, 11) is 0. The van der Waals surface area contributed by atoms with E-state index >= 15 is 0 Å². The van der Waals surface area contributed by atoms with Crippen molar-refractivity contribution in [2.45, 2.75) is 52.6 Å². The molecular formula is C14H24O3. The van der Waals surface area contributed by atoms with Gasteiger partial charge in [-0.3, -0.25) is 0 Å². The normalized spacial score (nSPS) is 33.8. The van der Waals surface area contributed by atoms with Gasteiger partial charge < -0.3 is 9.84 Å². The van der Waals surface area contributed by atoms with E-state index in [0.29, 0.717) is 0 Å². The van der Waals surface area contributed by atoms with Crippen LogP contribution < -0.4 is 0 Å². The standard InChI is InChI=1S/C14H24O3/c1-6-12-8-10(4)7-11(5)14(12,9(2)3)17-13(15)16/h9,11-12H,4,6-8H2,1-3,5H3,(H,15,16). The van der Waals surface area contributed by atoms with E-state index in [-0.39, 0.29) is 17.8 Å². The van der Waals surface area contributed by atoms with E-state index in [4.69, 9.17) is 9.84 Å². The third kappa shape index (κ3) is 2.48. The third-order valence-corrected chi connectivity index (χ3v) is 4.20. The molecule has 0 amide bonds. The van der Waals surface area contributed by atoms with Crippen LogP contribution in [0.5, 0.6) is 0 Å². The van der Waals surface area contributed by atoms with Gasteiger partial charge in [-0.1, -0.05) is 39.8 Å². The molecular weight excluding hydrogens is 216 g/mol. The number of ether oxygens (including phenoxy) is 1. The van der Waals surface area contributed by atoms with Crippen molar-refractivity contribution >= 4 is 6.16 Å². The number of rotatable bonds is 3. The number of hydrogen-bond donors (Lipinski definition) is 1. The van der Waals surface area contributed by atoms with Gasteiger partial charge >= 0.3 is 6.16 Å². The van der Waals surface area contributed by atoms with E-state index in [1.807, 2.05) is 0 Å². The summed E-state index contributed by atoms with van der Waals surface area (Å²) in [5.74, 6) is 0.631. The molecule has 1 saturated carbocycles. The van der Waals surface area contributed by atoms with E-state index in [1.165, 1.54) is 5.57 Å². The minimum Gasteiger partial charge on any atom is -0.450 e. The molecule has 0 aromatic rings. The molecule has 0 saturated heterocycles. The maximum atomic E-state index is 11.0. The lowest BCUT2D eigenvalue weighted by Gasteiger charge is -2.50. The molecule has 17 heavy (non-hydrogen) atoms. The Hall–Kier alpha value is -0.990. The zero-order valence-electron chi connectivity index (χ0n) is 11.3. The summed E-state index contributed by atoms with van der Waals surface area (Å²) >= 11 is 0. The van der Waals surface area contributed by atoms with Gasteiger partial charge in [0.1, 0.15) is 5.60 Å². The SMILES string of the molecule is C=C1CC(C)C(OC(=O)O)(C(C)C)C(CC)C1. The Balaban J connectivity index is 3.13. The Labute approximate surface area is 104 Å². The van der Waals surface area contributed by atoms with Gasteiger partial charge in [0.2, 0.25) is 0 Å². The fourth-order valence-electron chi connectivity index (χ4n) is 3.54. The van der Waals surface area contributed by atoms with E-state index in [2.05, 4.69) is 34.3 Å². The average molecular weight is 240 g/mol. The van der Waals surface area contributed by atoms with E-state index in [0.717, 1.165) is 19.3 Å². The lowest BCUT2D eigenvalue weighted by atomic mass is 9.62. The van der Waals surface area contributed by atoms with Gasteiger partial charge in [-0.2, -0.15) is 0 Å². The van der Waals surface area contributed by atoms with Crippen LogP contribution in [0.1, 0.15) is 47.0 Å². The van der Waals surface area contributed by atoms with Crippen LogP contribution in [0.4, 0.5) is 4.79 Å². The van der Waals surface area contributed by atoms with Gasteiger partial charge in [0.05, 0.1) is 0 Å². The average Bonchev–Trinajstić information content (AvgIpc) is 2.20. The van der Waals surface area contributed by atoms with Crippen molar-refractivity contribution in [3.05, 3.63) is 12.2 Å². The van der Waals surface area contributed by atoms with Crippen molar-refractivity contribution in [2.75, 3.05) is 0 Å².